The number of sulfone groups is 1. The van der Waals surface area contributed by atoms with Gasteiger partial charge in [-0.05, 0) is 25.3 Å². The fourth-order valence-corrected chi connectivity index (χ4v) is 6.39. The molecule has 0 aliphatic carbocycles. The third-order valence-corrected chi connectivity index (χ3v) is 8.20. The summed E-state index contributed by atoms with van der Waals surface area (Å²) in [6.45, 7) is 1.87. The Hall–Kier alpha value is -2.13. The standard InChI is InChI=1S/C19H22N4O3S2/c1-12(18(24)15-10-20-16-6-4-3-5-14(15)16)27-19-22-21-17(23(19)2)9-13-7-8-28(25,26)11-13/h3-6,10,12-13,20H,7-9,11H2,1-2H3. The van der Waals surface area contributed by atoms with E-state index in [2.05, 4.69) is 15.2 Å². The molecule has 2 aromatic heterocycles. The number of H-pyrrole nitrogens is 1. The molecule has 1 saturated heterocycles. The molecule has 4 rings (SSSR count). The second-order valence-corrected chi connectivity index (χ2v) is 10.8. The van der Waals surface area contributed by atoms with Crippen LogP contribution in [0, 0.1) is 5.92 Å². The highest BCUT2D eigenvalue weighted by Crippen LogP contribution is 2.28. The summed E-state index contributed by atoms with van der Waals surface area (Å²) in [5, 5.41) is 9.72. The van der Waals surface area contributed by atoms with Crippen LogP contribution in [0.5, 0.6) is 0 Å². The van der Waals surface area contributed by atoms with Crippen molar-refractivity contribution >= 4 is 38.3 Å². The molecule has 0 radical (unpaired) electrons. The van der Waals surface area contributed by atoms with Gasteiger partial charge in [-0.1, -0.05) is 30.0 Å². The smallest absolute Gasteiger partial charge is 0.191 e. The minimum absolute atomic E-state index is 0.0360. The van der Waals surface area contributed by atoms with E-state index < -0.39 is 9.84 Å². The van der Waals surface area contributed by atoms with Gasteiger partial charge in [0, 0.05) is 36.1 Å². The summed E-state index contributed by atoms with van der Waals surface area (Å²) in [5.41, 5.74) is 1.62. The lowest BCUT2D eigenvalue weighted by Crippen LogP contribution is -2.14. The van der Waals surface area contributed by atoms with Crippen LogP contribution in [0.3, 0.4) is 0 Å². The number of aromatic nitrogens is 4. The number of aromatic amines is 1. The number of para-hydroxylation sites is 1. The van der Waals surface area contributed by atoms with Crippen molar-refractivity contribution in [1.29, 1.82) is 0 Å². The molecular weight excluding hydrogens is 396 g/mol. The van der Waals surface area contributed by atoms with Gasteiger partial charge in [0.05, 0.1) is 16.8 Å². The highest BCUT2D eigenvalue weighted by molar-refractivity contribution is 8.00. The van der Waals surface area contributed by atoms with Crippen LogP contribution in [-0.2, 0) is 23.3 Å². The van der Waals surface area contributed by atoms with Crippen LogP contribution in [0.1, 0.15) is 29.5 Å². The molecule has 0 bridgehead atoms. The summed E-state index contributed by atoms with van der Waals surface area (Å²) in [4.78, 5) is 16.1. The van der Waals surface area contributed by atoms with Crippen molar-refractivity contribution in [2.75, 3.05) is 11.5 Å². The Morgan fingerprint density at radius 1 is 1.36 bits per heavy atom. The SMILES string of the molecule is CC(Sc1nnc(CC2CCS(=O)(=O)C2)n1C)C(=O)c1c[nH]c2ccccc12. The van der Waals surface area contributed by atoms with E-state index >= 15 is 0 Å². The predicted octanol–water partition coefficient (Wildman–Crippen LogP) is 2.64. The van der Waals surface area contributed by atoms with E-state index in [9.17, 15) is 13.2 Å². The number of fused-ring (bicyclic) bond motifs is 1. The first-order valence-corrected chi connectivity index (χ1v) is 11.9. The van der Waals surface area contributed by atoms with Crippen molar-refractivity contribution in [3.8, 4) is 0 Å². The molecular formula is C19H22N4O3S2. The van der Waals surface area contributed by atoms with Crippen LogP contribution < -0.4 is 0 Å². The maximum absolute atomic E-state index is 12.9. The first-order chi connectivity index (χ1) is 13.3. The number of Topliss-reactive ketones (excluding diaryl/α,β-unsaturated/α-hetero) is 1. The first kappa shape index (κ1) is 19.2. The molecule has 148 valence electrons. The summed E-state index contributed by atoms with van der Waals surface area (Å²) in [6, 6.07) is 7.74. The van der Waals surface area contributed by atoms with Gasteiger partial charge in [0.25, 0.3) is 0 Å². The largest absolute Gasteiger partial charge is 0.360 e. The van der Waals surface area contributed by atoms with Gasteiger partial charge in [0.15, 0.2) is 20.8 Å². The van der Waals surface area contributed by atoms with E-state index in [0.29, 0.717) is 23.6 Å². The Morgan fingerprint density at radius 2 is 2.14 bits per heavy atom. The summed E-state index contributed by atoms with van der Waals surface area (Å²) in [6.07, 6.45) is 3.02. The normalized spacial score (nSPS) is 19.9. The van der Waals surface area contributed by atoms with Gasteiger partial charge in [-0.2, -0.15) is 0 Å². The number of hydrogen-bond donors (Lipinski definition) is 1. The van der Waals surface area contributed by atoms with Crippen LogP contribution in [-0.4, -0.2) is 50.7 Å². The molecule has 2 atom stereocenters. The quantitative estimate of drug-likeness (QED) is 0.488. The topological polar surface area (TPSA) is 97.7 Å². The number of hydrogen-bond acceptors (Lipinski definition) is 6. The molecule has 7 nitrogen and oxygen atoms in total. The minimum atomic E-state index is -2.91. The van der Waals surface area contributed by atoms with Crippen molar-refractivity contribution < 1.29 is 13.2 Å². The summed E-state index contributed by atoms with van der Waals surface area (Å²) in [7, 11) is -1.04. The summed E-state index contributed by atoms with van der Waals surface area (Å²) < 4.78 is 25.2. The maximum Gasteiger partial charge on any atom is 0.191 e. The Balaban J connectivity index is 1.47. The maximum atomic E-state index is 12.9. The Kier molecular flexibility index (Phi) is 5.05. The van der Waals surface area contributed by atoms with Crippen molar-refractivity contribution in [2.24, 2.45) is 13.0 Å². The van der Waals surface area contributed by atoms with Gasteiger partial charge in [-0.3, -0.25) is 4.79 Å². The van der Waals surface area contributed by atoms with Crippen LogP contribution >= 0.6 is 11.8 Å². The monoisotopic (exact) mass is 418 g/mol. The van der Waals surface area contributed by atoms with Gasteiger partial charge in [-0.25, -0.2) is 8.42 Å². The number of carbonyl (C=O) groups is 1. The second-order valence-electron chi connectivity index (χ2n) is 7.30. The van der Waals surface area contributed by atoms with Crippen LogP contribution in [0.25, 0.3) is 10.9 Å². The Labute approximate surface area is 167 Å². The Morgan fingerprint density at radius 3 is 2.89 bits per heavy atom. The molecule has 3 aromatic rings. The molecule has 0 spiro atoms. The van der Waals surface area contributed by atoms with Gasteiger partial charge < -0.3 is 9.55 Å². The molecule has 28 heavy (non-hydrogen) atoms. The molecule has 0 amide bonds. The number of nitrogens with zero attached hydrogens (tertiary/aromatic N) is 3. The van der Waals surface area contributed by atoms with Gasteiger partial charge in [0.2, 0.25) is 0 Å². The van der Waals surface area contributed by atoms with E-state index in [0.717, 1.165) is 16.7 Å². The average molecular weight is 419 g/mol. The number of benzene rings is 1. The van der Waals surface area contributed by atoms with Crippen molar-refractivity contribution in [3.63, 3.8) is 0 Å². The molecule has 1 aromatic carbocycles. The van der Waals surface area contributed by atoms with E-state index in [1.54, 1.807) is 6.20 Å². The molecule has 3 heterocycles. The lowest BCUT2D eigenvalue weighted by molar-refractivity contribution is 0.0995. The lowest BCUT2D eigenvalue weighted by atomic mass is 10.1. The Bertz CT molecular complexity index is 1130. The van der Waals surface area contributed by atoms with Crippen molar-refractivity contribution in [2.45, 2.75) is 30.2 Å². The average Bonchev–Trinajstić information content (AvgIpc) is 3.34. The van der Waals surface area contributed by atoms with Gasteiger partial charge in [-0.15, -0.1) is 10.2 Å². The zero-order valence-electron chi connectivity index (χ0n) is 15.8. The van der Waals surface area contributed by atoms with Crippen LogP contribution in [0.4, 0.5) is 0 Å². The van der Waals surface area contributed by atoms with E-state index in [1.807, 2.05) is 42.8 Å². The van der Waals surface area contributed by atoms with Crippen molar-refractivity contribution in [1.82, 2.24) is 19.7 Å². The van der Waals surface area contributed by atoms with Crippen LogP contribution in [0.2, 0.25) is 0 Å². The predicted molar refractivity (Wildman–Crippen MR) is 109 cm³/mol. The fraction of sp³-hybridized carbons (Fsp3) is 0.421. The van der Waals surface area contributed by atoms with E-state index in [1.165, 1.54) is 11.8 Å². The van der Waals surface area contributed by atoms with Gasteiger partial charge >= 0.3 is 0 Å². The third kappa shape index (κ3) is 3.73. The fourth-order valence-electron chi connectivity index (χ4n) is 3.62. The molecule has 2 unspecified atom stereocenters. The molecule has 1 N–H and O–H groups in total. The highest BCUT2D eigenvalue weighted by atomic mass is 32.2. The van der Waals surface area contributed by atoms with E-state index in [4.69, 9.17) is 0 Å². The van der Waals surface area contributed by atoms with Gasteiger partial charge in [0.1, 0.15) is 5.82 Å². The van der Waals surface area contributed by atoms with Crippen LogP contribution in [0.15, 0.2) is 35.6 Å². The number of carbonyl (C=O) groups excluding carboxylic acids is 1. The highest BCUT2D eigenvalue weighted by Gasteiger charge is 2.29. The number of thioether (sulfide) groups is 1. The molecule has 0 saturated carbocycles. The molecule has 9 heteroatoms. The number of nitrogens with one attached hydrogen (secondary N) is 1. The number of rotatable bonds is 6. The summed E-state index contributed by atoms with van der Waals surface area (Å²) in [5.74, 6) is 1.37. The third-order valence-electron chi connectivity index (χ3n) is 5.23. The minimum Gasteiger partial charge on any atom is -0.360 e. The molecule has 1 fully saturated rings. The zero-order valence-corrected chi connectivity index (χ0v) is 17.4. The first-order valence-electron chi connectivity index (χ1n) is 9.20. The molecule has 1 aliphatic heterocycles. The lowest BCUT2D eigenvalue weighted by Gasteiger charge is -2.10. The summed E-state index contributed by atoms with van der Waals surface area (Å²) >= 11 is 1.37. The molecule has 1 aliphatic rings. The van der Waals surface area contributed by atoms with E-state index in [-0.39, 0.29) is 28.5 Å². The second kappa shape index (κ2) is 7.36. The van der Waals surface area contributed by atoms with Crippen molar-refractivity contribution in [3.05, 3.63) is 41.9 Å². The number of ketones is 1. The zero-order chi connectivity index (χ0) is 19.9.